The standard InChI is InChI=1S/C22H28N6O3S/c1-15-5-7-16(8-6-15)28-20(27-9-11-30-12-10-27)24-25-21(28)32-14-18(29)23-19-13-17(26-31-19)22(2,3)4/h5-8,13H,9-12,14H2,1-4H3,(H,23,29). The first-order valence-electron chi connectivity index (χ1n) is 10.6. The number of carbonyl (C=O) groups excluding carboxylic acids is 1. The molecule has 4 rings (SSSR count). The van der Waals surface area contributed by atoms with Crippen LogP contribution in [0.15, 0.2) is 40.0 Å². The normalized spacial score (nSPS) is 14.6. The number of anilines is 2. The van der Waals surface area contributed by atoms with Crippen molar-refractivity contribution in [2.45, 2.75) is 38.3 Å². The van der Waals surface area contributed by atoms with Gasteiger partial charge in [0.2, 0.25) is 17.7 Å². The molecule has 0 unspecified atom stereocenters. The van der Waals surface area contributed by atoms with E-state index in [1.165, 1.54) is 17.3 Å². The van der Waals surface area contributed by atoms with Gasteiger partial charge in [-0.1, -0.05) is 55.4 Å². The SMILES string of the molecule is Cc1ccc(-n2c(SCC(=O)Nc3cc(C(C)(C)C)no3)nnc2N2CCOCC2)cc1. The van der Waals surface area contributed by atoms with Crippen LogP contribution in [0.25, 0.3) is 5.69 Å². The van der Waals surface area contributed by atoms with Gasteiger partial charge in [0, 0.05) is 24.6 Å². The molecule has 32 heavy (non-hydrogen) atoms. The van der Waals surface area contributed by atoms with Gasteiger partial charge < -0.3 is 14.2 Å². The number of ether oxygens (including phenoxy) is 1. The summed E-state index contributed by atoms with van der Waals surface area (Å²) in [7, 11) is 0. The van der Waals surface area contributed by atoms with E-state index in [-0.39, 0.29) is 17.1 Å². The minimum absolute atomic E-state index is 0.151. The van der Waals surface area contributed by atoms with Crippen LogP contribution in [-0.4, -0.2) is 57.9 Å². The highest BCUT2D eigenvalue weighted by Gasteiger charge is 2.23. The number of aromatic nitrogens is 4. The van der Waals surface area contributed by atoms with E-state index in [0.29, 0.717) is 24.3 Å². The van der Waals surface area contributed by atoms with Gasteiger partial charge in [-0.05, 0) is 19.1 Å². The van der Waals surface area contributed by atoms with Crippen LogP contribution in [0.5, 0.6) is 0 Å². The van der Waals surface area contributed by atoms with Crippen LogP contribution in [0.3, 0.4) is 0 Å². The average molecular weight is 457 g/mol. The summed E-state index contributed by atoms with van der Waals surface area (Å²) in [4.78, 5) is 14.7. The number of rotatable bonds is 6. The zero-order valence-corrected chi connectivity index (χ0v) is 19.6. The molecule has 0 spiro atoms. The summed E-state index contributed by atoms with van der Waals surface area (Å²) in [5.41, 5.74) is 2.76. The van der Waals surface area contributed by atoms with Crippen LogP contribution in [0.2, 0.25) is 0 Å². The van der Waals surface area contributed by atoms with E-state index in [1.54, 1.807) is 6.07 Å². The number of benzene rings is 1. The highest BCUT2D eigenvalue weighted by molar-refractivity contribution is 7.99. The van der Waals surface area contributed by atoms with Crippen molar-refractivity contribution in [3.8, 4) is 5.69 Å². The largest absolute Gasteiger partial charge is 0.378 e. The minimum Gasteiger partial charge on any atom is -0.378 e. The molecule has 0 atom stereocenters. The Morgan fingerprint density at radius 1 is 1.16 bits per heavy atom. The zero-order valence-electron chi connectivity index (χ0n) is 18.8. The van der Waals surface area contributed by atoms with E-state index in [4.69, 9.17) is 9.26 Å². The molecule has 1 aromatic carbocycles. The number of nitrogens with zero attached hydrogens (tertiary/aromatic N) is 5. The van der Waals surface area contributed by atoms with Crippen LogP contribution in [0, 0.1) is 6.92 Å². The van der Waals surface area contributed by atoms with E-state index < -0.39 is 0 Å². The number of aryl methyl sites for hydroxylation is 1. The van der Waals surface area contributed by atoms with E-state index >= 15 is 0 Å². The lowest BCUT2D eigenvalue weighted by molar-refractivity contribution is -0.113. The molecule has 1 fully saturated rings. The Hall–Kier alpha value is -2.85. The predicted octanol–water partition coefficient (Wildman–Crippen LogP) is 3.43. The molecule has 3 heterocycles. The number of hydrogen-bond acceptors (Lipinski definition) is 8. The molecule has 1 saturated heterocycles. The molecule has 1 aliphatic heterocycles. The van der Waals surface area contributed by atoms with E-state index in [1.807, 2.05) is 44.4 Å². The first kappa shape index (κ1) is 22.3. The van der Waals surface area contributed by atoms with Crippen LogP contribution in [0.4, 0.5) is 11.8 Å². The average Bonchev–Trinajstić information content (AvgIpc) is 3.41. The fourth-order valence-corrected chi connectivity index (χ4v) is 3.98. The van der Waals surface area contributed by atoms with Crippen molar-refractivity contribution in [2.75, 3.05) is 42.3 Å². The number of thioether (sulfide) groups is 1. The van der Waals surface area contributed by atoms with Crippen LogP contribution >= 0.6 is 11.8 Å². The van der Waals surface area contributed by atoms with Gasteiger partial charge in [-0.3, -0.25) is 14.7 Å². The van der Waals surface area contributed by atoms with Crippen LogP contribution in [0.1, 0.15) is 32.0 Å². The minimum atomic E-state index is -0.196. The smallest absolute Gasteiger partial charge is 0.237 e. The van der Waals surface area contributed by atoms with Crippen molar-refractivity contribution in [3.63, 3.8) is 0 Å². The van der Waals surface area contributed by atoms with Gasteiger partial charge in [-0.2, -0.15) is 0 Å². The van der Waals surface area contributed by atoms with E-state index in [9.17, 15) is 4.79 Å². The molecule has 0 bridgehead atoms. The molecule has 0 radical (unpaired) electrons. The van der Waals surface area contributed by atoms with Crippen molar-refractivity contribution in [2.24, 2.45) is 0 Å². The van der Waals surface area contributed by atoms with Gasteiger partial charge in [0.05, 0.1) is 30.3 Å². The van der Waals surface area contributed by atoms with Crippen LogP contribution in [-0.2, 0) is 14.9 Å². The van der Waals surface area contributed by atoms with Crippen molar-refractivity contribution in [3.05, 3.63) is 41.6 Å². The second kappa shape index (κ2) is 9.33. The third-order valence-electron chi connectivity index (χ3n) is 5.08. The summed E-state index contributed by atoms with van der Waals surface area (Å²) in [6.45, 7) is 11.0. The van der Waals surface area contributed by atoms with Gasteiger partial charge in [0.15, 0.2) is 5.16 Å². The Morgan fingerprint density at radius 2 is 1.88 bits per heavy atom. The molecule has 10 heteroatoms. The number of amides is 1. The van der Waals surface area contributed by atoms with Crippen LogP contribution < -0.4 is 10.2 Å². The maximum atomic E-state index is 12.5. The Bertz CT molecular complexity index is 1060. The Kier molecular flexibility index (Phi) is 6.52. The second-order valence-electron chi connectivity index (χ2n) is 8.72. The maximum Gasteiger partial charge on any atom is 0.237 e. The Balaban J connectivity index is 1.50. The summed E-state index contributed by atoms with van der Waals surface area (Å²) >= 11 is 1.33. The first-order valence-corrected chi connectivity index (χ1v) is 11.5. The third kappa shape index (κ3) is 5.13. The Morgan fingerprint density at radius 3 is 2.53 bits per heavy atom. The van der Waals surface area contributed by atoms with Crippen molar-refractivity contribution in [1.82, 2.24) is 19.9 Å². The molecule has 170 valence electrons. The van der Waals surface area contributed by atoms with Gasteiger partial charge in [0.25, 0.3) is 0 Å². The van der Waals surface area contributed by atoms with Crippen molar-refractivity contribution < 1.29 is 14.1 Å². The molecule has 1 amide bonds. The second-order valence-corrected chi connectivity index (χ2v) is 9.66. The molecule has 1 N–H and O–H groups in total. The highest BCUT2D eigenvalue weighted by Crippen LogP contribution is 2.28. The third-order valence-corrected chi connectivity index (χ3v) is 6.00. The monoisotopic (exact) mass is 456 g/mol. The summed E-state index contributed by atoms with van der Waals surface area (Å²) in [5.74, 6) is 1.07. The van der Waals surface area contributed by atoms with Gasteiger partial charge in [-0.15, -0.1) is 10.2 Å². The summed E-state index contributed by atoms with van der Waals surface area (Å²) in [6.07, 6.45) is 0. The number of morpholine rings is 1. The summed E-state index contributed by atoms with van der Waals surface area (Å²) in [5, 5.41) is 16.3. The first-order chi connectivity index (χ1) is 15.3. The topological polar surface area (TPSA) is 98.3 Å². The zero-order chi connectivity index (χ0) is 22.7. The Labute approximate surface area is 191 Å². The van der Waals surface area contributed by atoms with E-state index in [0.717, 1.165) is 30.4 Å². The van der Waals surface area contributed by atoms with Crippen molar-refractivity contribution in [1.29, 1.82) is 0 Å². The molecule has 9 nitrogen and oxygen atoms in total. The number of nitrogens with one attached hydrogen (secondary N) is 1. The lowest BCUT2D eigenvalue weighted by Crippen LogP contribution is -2.37. The molecule has 2 aromatic heterocycles. The molecular formula is C22H28N6O3S. The predicted molar refractivity (Wildman–Crippen MR) is 124 cm³/mol. The molecular weight excluding hydrogens is 428 g/mol. The van der Waals surface area contributed by atoms with Gasteiger partial charge >= 0.3 is 0 Å². The molecule has 0 aliphatic carbocycles. The fourth-order valence-electron chi connectivity index (χ4n) is 3.23. The number of hydrogen-bond donors (Lipinski definition) is 1. The molecule has 0 saturated carbocycles. The van der Waals surface area contributed by atoms with E-state index in [2.05, 4.69) is 37.7 Å². The van der Waals surface area contributed by atoms with Gasteiger partial charge in [-0.25, -0.2) is 0 Å². The summed E-state index contributed by atoms with van der Waals surface area (Å²) < 4.78 is 12.7. The lowest BCUT2D eigenvalue weighted by Gasteiger charge is -2.27. The maximum absolute atomic E-state index is 12.5. The lowest BCUT2D eigenvalue weighted by atomic mass is 9.92. The quantitative estimate of drug-likeness (QED) is 0.564. The molecule has 3 aromatic rings. The number of carbonyl (C=O) groups is 1. The van der Waals surface area contributed by atoms with Crippen molar-refractivity contribution >= 4 is 29.5 Å². The summed E-state index contributed by atoms with van der Waals surface area (Å²) in [6, 6.07) is 9.94. The fraction of sp³-hybridized carbons (Fsp3) is 0.455. The van der Waals surface area contributed by atoms with Gasteiger partial charge in [0.1, 0.15) is 0 Å². The molecule has 1 aliphatic rings. The highest BCUT2D eigenvalue weighted by atomic mass is 32.2.